The molecule has 84 valence electrons. The number of allylic oxidation sites excluding steroid dienone is 2. The third-order valence-electron chi connectivity index (χ3n) is 2.98. The molecule has 1 aliphatic rings. The molecule has 0 unspecified atom stereocenters. The summed E-state index contributed by atoms with van der Waals surface area (Å²) in [5.41, 5.74) is 2.62. The van der Waals surface area contributed by atoms with Crippen molar-refractivity contribution in [3.63, 3.8) is 0 Å². The van der Waals surface area contributed by atoms with Gasteiger partial charge in [-0.3, -0.25) is 4.79 Å². The molecule has 0 aliphatic heterocycles. The van der Waals surface area contributed by atoms with Gasteiger partial charge in [-0.05, 0) is 52.3 Å². The summed E-state index contributed by atoms with van der Waals surface area (Å²) in [7, 11) is 0. The molecular weight excluding hydrogens is 227 g/mol. The lowest BCUT2D eigenvalue weighted by Gasteiger charge is -2.17. The summed E-state index contributed by atoms with van der Waals surface area (Å²) in [6.07, 6.45) is 2.10. The monoisotopic (exact) mass is 238 g/mol. The summed E-state index contributed by atoms with van der Waals surface area (Å²) in [4.78, 5) is 10.9. The van der Waals surface area contributed by atoms with E-state index in [1.54, 1.807) is 6.07 Å². The maximum Gasteiger partial charge on any atom is 0.245 e. The lowest BCUT2D eigenvalue weighted by Crippen LogP contribution is -2.11. The van der Waals surface area contributed by atoms with Crippen molar-refractivity contribution in [2.24, 2.45) is 0 Å². The first-order valence-electron chi connectivity index (χ1n) is 5.10. The number of carbonyl (C=O) groups excluding carboxylic acids is 1. The van der Waals surface area contributed by atoms with Gasteiger partial charge in [-0.2, -0.15) is 0 Å². The number of fused-ring (bicyclic) bond motifs is 1. The third-order valence-corrected chi connectivity index (χ3v) is 3.09. The minimum absolute atomic E-state index is 0.0682. The van der Waals surface area contributed by atoms with Gasteiger partial charge in [0.05, 0.1) is 0 Å². The van der Waals surface area contributed by atoms with Gasteiger partial charge in [0.2, 0.25) is 5.24 Å². The Hall–Kier alpha value is -1.15. The molecule has 1 aliphatic carbocycles. The average Bonchev–Trinajstić information content (AvgIpc) is 2.37. The molecule has 0 radical (unpaired) electrons. The van der Waals surface area contributed by atoms with E-state index in [9.17, 15) is 9.18 Å². The summed E-state index contributed by atoms with van der Waals surface area (Å²) in [6.45, 7) is 4.15. The fraction of sp³-hybridized carbons (Fsp3) is 0.308. The number of halogens is 2. The molecule has 16 heavy (non-hydrogen) atoms. The molecule has 1 aromatic carbocycles. The van der Waals surface area contributed by atoms with Crippen LogP contribution in [0.25, 0.3) is 5.57 Å². The fourth-order valence-electron chi connectivity index (χ4n) is 2.30. The molecule has 0 amide bonds. The van der Waals surface area contributed by atoms with Crippen molar-refractivity contribution in [3.8, 4) is 0 Å². The minimum atomic E-state index is -0.511. The Morgan fingerprint density at radius 1 is 1.50 bits per heavy atom. The van der Waals surface area contributed by atoms with E-state index in [1.807, 2.05) is 0 Å². The Kier molecular flexibility index (Phi) is 2.62. The molecule has 0 N–H and O–H groups in total. The fourth-order valence-corrected chi connectivity index (χ4v) is 2.44. The zero-order chi connectivity index (χ0) is 11.9. The standard InChI is InChI=1S/C13H12ClFO/c1-13(2)7-8(5-12(14)16)10-6-9(15)3-4-11(10)13/h3-6H,7H2,1-2H3/b8-5-. The molecule has 0 saturated carbocycles. The van der Waals surface area contributed by atoms with E-state index < -0.39 is 5.24 Å². The number of carbonyl (C=O) groups is 1. The van der Waals surface area contributed by atoms with Crippen LogP contribution in [-0.2, 0) is 10.2 Å². The maximum absolute atomic E-state index is 13.2. The normalized spacial score (nSPS) is 19.9. The second-order valence-electron chi connectivity index (χ2n) is 4.72. The van der Waals surface area contributed by atoms with Gasteiger partial charge in [0.25, 0.3) is 0 Å². The molecule has 0 aromatic heterocycles. The number of rotatable bonds is 1. The molecule has 3 heteroatoms. The van der Waals surface area contributed by atoms with Crippen LogP contribution < -0.4 is 0 Å². The van der Waals surface area contributed by atoms with Gasteiger partial charge in [0.1, 0.15) is 5.82 Å². The molecule has 0 spiro atoms. The van der Waals surface area contributed by atoms with Crippen LogP contribution in [0.2, 0.25) is 0 Å². The Morgan fingerprint density at radius 3 is 2.81 bits per heavy atom. The lowest BCUT2D eigenvalue weighted by molar-refractivity contribution is -0.107. The van der Waals surface area contributed by atoms with Crippen molar-refractivity contribution >= 4 is 22.4 Å². The summed E-state index contributed by atoms with van der Waals surface area (Å²) in [5, 5.41) is -0.511. The van der Waals surface area contributed by atoms with E-state index in [-0.39, 0.29) is 11.2 Å². The van der Waals surface area contributed by atoms with E-state index in [1.165, 1.54) is 18.2 Å². The van der Waals surface area contributed by atoms with Gasteiger partial charge in [0, 0.05) is 6.08 Å². The predicted octanol–water partition coefficient (Wildman–Crippen LogP) is 3.66. The average molecular weight is 239 g/mol. The lowest BCUT2D eigenvalue weighted by atomic mass is 9.86. The molecule has 2 rings (SSSR count). The minimum Gasteiger partial charge on any atom is -0.276 e. The van der Waals surface area contributed by atoms with Crippen molar-refractivity contribution in [2.75, 3.05) is 0 Å². The van der Waals surface area contributed by atoms with Gasteiger partial charge in [-0.25, -0.2) is 4.39 Å². The van der Waals surface area contributed by atoms with Crippen LogP contribution in [0, 0.1) is 5.82 Å². The first kappa shape index (κ1) is 11.3. The van der Waals surface area contributed by atoms with Crippen molar-refractivity contribution in [3.05, 3.63) is 41.2 Å². The smallest absolute Gasteiger partial charge is 0.245 e. The Labute approximate surface area is 98.9 Å². The molecule has 0 bridgehead atoms. The van der Waals surface area contributed by atoms with Gasteiger partial charge in [-0.15, -0.1) is 0 Å². The zero-order valence-electron chi connectivity index (χ0n) is 9.18. The Balaban J connectivity index is 2.60. The summed E-state index contributed by atoms with van der Waals surface area (Å²) in [5.74, 6) is -0.288. The van der Waals surface area contributed by atoms with E-state index in [0.29, 0.717) is 6.42 Å². The van der Waals surface area contributed by atoms with Gasteiger partial charge < -0.3 is 0 Å². The van der Waals surface area contributed by atoms with E-state index in [2.05, 4.69) is 13.8 Å². The molecule has 0 saturated heterocycles. The summed E-state index contributed by atoms with van der Waals surface area (Å²) < 4.78 is 13.2. The van der Waals surface area contributed by atoms with E-state index in [0.717, 1.165) is 16.7 Å². The number of hydrogen-bond donors (Lipinski definition) is 0. The first-order chi connectivity index (χ1) is 7.40. The Morgan fingerprint density at radius 2 is 2.19 bits per heavy atom. The highest BCUT2D eigenvalue weighted by molar-refractivity contribution is 6.67. The molecule has 0 atom stereocenters. The first-order valence-corrected chi connectivity index (χ1v) is 5.48. The molecule has 0 fully saturated rings. The molecule has 1 nitrogen and oxygen atoms in total. The second-order valence-corrected chi connectivity index (χ2v) is 5.10. The summed E-state index contributed by atoms with van der Waals surface area (Å²) in [6, 6.07) is 4.70. The van der Waals surface area contributed by atoms with Gasteiger partial charge >= 0.3 is 0 Å². The highest BCUT2D eigenvalue weighted by atomic mass is 35.5. The predicted molar refractivity (Wildman–Crippen MR) is 62.9 cm³/mol. The van der Waals surface area contributed by atoms with E-state index >= 15 is 0 Å². The maximum atomic E-state index is 13.2. The van der Waals surface area contributed by atoms with Crippen LogP contribution in [0.15, 0.2) is 24.3 Å². The van der Waals surface area contributed by atoms with Crippen LogP contribution in [0.3, 0.4) is 0 Å². The van der Waals surface area contributed by atoms with Gasteiger partial charge in [0.15, 0.2) is 0 Å². The quantitative estimate of drug-likeness (QED) is 0.539. The van der Waals surface area contributed by atoms with E-state index in [4.69, 9.17) is 11.6 Å². The van der Waals surface area contributed by atoms with Crippen LogP contribution in [0.5, 0.6) is 0 Å². The van der Waals surface area contributed by atoms with Crippen molar-refractivity contribution in [1.29, 1.82) is 0 Å². The van der Waals surface area contributed by atoms with Crippen molar-refractivity contribution in [2.45, 2.75) is 25.7 Å². The second kappa shape index (κ2) is 3.70. The van der Waals surface area contributed by atoms with Crippen LogP contribution in [-0.4, -0.2) is 5.24 Å². The largest absolute Gasteiger partial charge is 0.276 e. The topological polar surface area (TPSA) is 17.1 Å². The van der Waals surface area contributed by atoms with Gasteiger partial charge in [-0.1, -0.05) is 19.9 Å². The highest BCUT2D eigenvalue weighted by Gasteiger charge is 2.33. The van der Waals surface area contributed by atoms with Crippen LogP contribution in [0.1, 0.15) is 31.4 Å². The van der Waals surface area contributed by atoms with Crippen molar-refractivity contribution in [1.82, 2.24) is 0 Å². The SMILES string of the molecule is CC1(C)C/C(=C/C(=O)Cl)c2cc(F)ccc21. The number of benzene rings is 1. The zero-order valence-corrected chi connectivity index (χ0v) is 9.94. The van der Waals surface area contributed by atoms with Crippen molar-refractivity contribution < 1.29 is 9.18 Å². The van der Waals surface area contributed by atoms with Crippen LogP contribution in [0.4, 0.5) is 4.39 Å². The molecule has 0 heterocycles. The summed E-state index contributed by atoms with van der Waals surface area (Å²) >= 11 is 5.35. The highest BCUT2D eigenvalue weighted by Crippen LogP contribution is 2.45. The van der Waals surface area contributed by atoms with Crippen LogP contribution >= 0.6 is 11.6 Å². The Bertz CT molecular complexity index is 489. The molecular formula is C13H12ClFO. The number of hydrogen-bond acceptors (Lipinski definition) is 1. The third kappa shape index (κ3) is 1.90. The molecule has 1 aromatic rings.